The van der Waals surface area contributed by atoms with Crippen LogP contribution >= 0.6 is 0 Å². The molecule has 3 aromatic rings. The van der Waals surface area contributed by atoms with Gasteiger partial charge in [-0.15, -0.1) is 0 Å². The van der Waals surface area contributed by atoms with Crippen LogP contribution in [0.15, 0.2) is 51.7 Å². The fourth-order valence-electron chi connectivity index (χ4n) is 2.90. The second-order valence-electron chi connectivity index (χ2n) is 5.80. The van der Waals surface area contributed by atoms with Gasteiger partial charge in [0.25, 0.3) is 0 Å². The van der Waals surface area contributed by atoms with Crippen LogP contribution in [0.25, 0.3) is 0 Å². The summed E-state index contributed by atoms with van der Waals surface area (Å²) >= 11 is 0. The van der Waals surface area contributed by atoms with Crippen LogP contribution in [0.4, 0.5) is 0 Å². The van der Waals surface area contributed by atoms with E-state index in [4.69, 9.17) is 9.05 Å². The summed E-state index contributed by atoms with van der Waals surface area (Å²) in [6.45, 7) is 1.30. The van der Waals surface area contributed by atoms with Crippen LogP contribution in [-0.2, 0) is 17.8 Å². The van der Waals surface area contributed by atoms with Crippen molar-refractivity contribution in [1.82, 2.24) is 20.2 Å². The van der Waals surface area contributed by atoms with E-state index >= 15 is 0 Å². The standard InChI is InChI=1S/C17H16N4O3/c22-17-14(6-8-21(17)11-12-4-2-1-3-5-12)16-18-15(20-24-16)10-13-7-9-23-19-13/h1-5,7,9,14H,6,8,10-11H2. The quantitative estimate of drug-likeness (QED) is 0.715. The minimum atomic E-state index is -0.354. The highest BCUT2D eigenvalue weighted by Crippen LogP contribution is 2.28. The van der Waals surface area contributed by atoms with Crippen molar-refractivity contribution in [3.05, 3.63) is 65.6 Å². The molecule has 1 saturated heterocycles. The largest absolute Gasteiger partial charge is 0.364 e. The SMILES string of the molecule is O=C1C(c2nc(Cc3ccon3)no2)CCN1Cc1ccccc1. The lowest BCUT2D eigenvalue weighted by Gasteiger charge is -2.15. The topological polar surface area (TPSA) is 85.3 Å². The predicted molar refractivity (Wildman–Crippen MR) is 82.8 cm³/mol. The molecule has 7 nitrogen and oxygen atoms in total. The molecule has 4 rings (SSSR count). The molecule has 7 heteroatoms. The monoisotopic (exact) mass is 324 g/mol. The Kier molecular flexibility index (Phi) is 3.82. The zero-order valence-corrected chi connectivity index (χ0v) is 13.0. The van der Waals surface area contributed by atoms with E-state index in [1.54, 1.807) is 6.07 Å². The van der Waals surface area contributed by atoms with Crippen LogP contribution in [0.3, 0.4) is 0 Å². The number of carbonyl (C=O) groups excluding carboxylic acids is 1. The molecule has 1 aliphatic rings. The van der Waals surface area contributed by atoms with Gasteiger partial charge >= 0.3 is 0 Å². The van der Waals surface area contributed by atoms with Crippen molar-refractivity contribution in [2.45, 2.75) is 25.3 Å². The molecule has 0 bridgehead atoms. The number of rotatable bonds is 5. The number of amides is 1. The molecule has 0 N–H and O–H groups in total. The number of aromatic nitrogens is 3. The van der Waals surface area contributed by atoms with Crippen molar-refractivity contribution < 1.29 is 13.8 Å². The molecule has 1 fully saturated rings. The number of hydrogen-bond donors (Lipinski definition) is 0. The second kappa shape index (κ2) is 6.27. The van der Waals surface area contributed by atoms with Crippen molar-refractivity contribution >= 4 is 5.91 Å². The lowest BCUT2D eigenvalue weighted by molar-refractivity contribution is -0.129. The summed E-state index contributed by atoms with van der Waals surface area (Å²) in [5.74, 6) is 0.574. The molecular weight excluding hydrogens is 308 g/mol. The van der Waals surface area contributed by atoms with Crippen LogP contribution in [0.1, 0.15) is 35.3 Å². The third kappa shape index (κ3) is 2.92. The van der Waals surface area contributed by atoms with Gasteiger partial charge in [0, 0.05) is 19.2 Å². The maximum absolute atomic E-state index is 12.6. The summed E-state index contributed by atoms with van der Waals surface area (Å²) in [5, 5.41) is 7.76. The molecule has 0 spiro atoms. The zero-order valence-electron chi connectivity index (χ0n) is 13.0. The van der Waals surface area contributed by atoms with Gasteiger partial charge in [0.1, 0.15) is 12.2 Å². The van der Waals surface area contributed by atoms with E-state index in [2.05, 4.69) is 15.3 Å². The molecule has 1 amide bonds. The van der Waals surface area contributed by atoms with Crippen LogP contribution in [-0.4, -0.2) is 32.6 Å². The molecule has 3 heterocycles. The second-order valence-corrected chi connectivity index (χ2v) is 5.80. The summed E-state index contributed by atoms with van der Waals surface area (Å²) in [4.78, 5) is 18.8. The molecule has 1 aromatic carbocycles. The Labute approximate surface area is 138 Å². The van der Waals surface area contributed by atoms with Gasteiger partial charge < -0.3 is 13.9 Å². The number of nitrogens with zero attached hydrogens (tertiary/aromatic N) is 4. The Balaban J connectivity index is 1.44. The van der Waals surface area contributed by atoms with Gasteiger partial charge in [0.15, 0.2) is 5.82 Å². The zero-order chi connectivity index (χ0) is 16.4. The highest BCUT2D eigenvalue weighted by atomic mass is 16.5. The van der Waals surface area contributed by atoms with Crippen LogP contribution in [0.5, 0.6) is 0 Å². The van der Waals surface area contributed by atoms with Gasteiger partial charge in [0.2, 0.25) is 11.8 Å². The van der Waals surface area contributed by atoms with Gasteiger partial charge in [-0.25, -0.2) is 0 Å². The van der Waals surface area contributed by atoms with E-state index in [1.165, 1.54) is 6.26 Å². The average Bonchev–Trinajstić information content (AvgIpc) is 3.33. The van der Waals surface area contributed by atoms with Gasteiger partial charge in [-0.3, -0.25) is 4.79 Å². The highest BCUT2D eigenvalue weighted by molar-refractivity contribution is 5.84. The first-order valence-electron chi connectivity index (χ1n) is 7.84. The fraction of sp³-hybridized carbons (Fsp3) is 0.294. The summed E-state index contributed by atoms with van der Waals surface area (Å²) in [6.07, 6.45) is 2.62. The van der Waals surface area contributed by atoms with Gasteiger partial charge in [-0.1, -0.05) is 40.6 Å². The Hall–Kier alpha value is -2.96. The van der Waals surface area contributed by atoms with Crippen molar-refractivity contribution in [3.63, 3.8) is 0 Å². The van der Waals surface area contributed by atoms with E-state index in [9.17, 15) is 4.79 Å². The molecule has 1 atom stereocenters. The lowest BCUT2D eigenvalue weighted by atomic mass is 10.1. The van der Waals surface area contributed by atoms with Gasteiger partial charge in [-0.05, 0) is 12.0 Å². The summed E-state index contributed by atoms with van der Waals surface area (Å²) in [6, 6.07) is 11.7. The van der Waals surface area contributed by atoms with E-state index in [1.807, 2.05) is 35.2 Å². The minimum Gasteiger partial charge on any atom is -0.364 e. The molecule has 0 saturated carbocycles. The highest BCUT2D eigenvalue weighted by Gasteiger charge is 2.36. The first-order valence-corrected chi connectivity index (χ1v) is 7.84. The van der Waals surface area contributed by atoms with Crippen LogP contribution in [0.2, 0.25) is 0 Å². The summed E-state index contributed by atoms with van der Waals surface area (Å²) in [7, 11) is 0. The molecular formula is C17H16N4O3. The first-order chi connectivity index (χ1) is 11.8. The van der Waals surface area contributed by atoms with Gasteiger partial charge in [-0.2, -0.15) is 4.98 Å². The number of hydrogen-bond acceptors (Lipinski definition) is 6. The number of carbonyl (C=O) groups is 1. The molecule has 122 valence electrons. The molecule has 24 heavy (non-hydrogen) atoms. The van der Waals surface area contributed by atoms with Crippen LogP contribution < -0.4 is 0 Å². The average molecular weight is 324 g/mol. The summed E-state index contributed by atoms with van der Waals surface area (Å²) < 4.78 is 10.1. The minimum absolute atomic E-state index is 0.0375. The number of likely N-dealkylation sites (tertiary alicyclic amines) is 1. The first kappa shape index (κ1) is 14.6. The normalized spacial score (nSPS) is 17.6. The Bertz CT molecular complexity index is 814. The molecule has 1 unspecified atom stereocenters. The Morgan fingerprint density at radius 3 is 2.83 bits per heavy atom. The Morgan fingerprint density at radius 1 is 1.17 bits per heavy atom. The number of benzene rings is 1. The fourth-order valence-corrected chi connectivity index (χ4v) is 2.90. The lowest BCUT2D eigenvalue weighted by Crippen LogP contribution is -2.26. The van der Waals surface area contributed by atoms with Crippen LogP contribution in [0, 0.1) is 0 Å². The van der Waals surface area contributed by atoms with E-state index in [-0.39, 0.29) is 11.8 Å². The predicted octanol–water partition coefficient (Wildman–Crippen LogP) is 2.16. The Morgan fingerprint density at radius 2 is 2.04 bits per heavy atom. The van der Waals surface area contributed by atoms with Crippen molar-refractivity contribution in [1.29, 1.82) is 0 Å². The van der Waals surface area contributed by atoms with Gasteiger partial charge in [0.05, 0.1) is 12.1 Å². The third-order valence-electron chi connectivity index (χ3n) is 4.13. The van der Waals surface area contributed by atoms with Crippen molar-refractivity contribution in [3.8, 4) is 0 Å². The maximum atomic E-state index is 12.6. The third-order valence-corrected chi connectivity index (χ3v) is 4.13. The summed E-state index contributed by atoms with van der Waals surface area (Å²) in [5.41, 5.74) is 1.84. The maximum Gasteiger partial charge on any atom is 0.239 e. The van der Waals surface area contributed by atoms with E-state index in [0.29, 0.717) is 37.6 Å². The van der Waals surface area contributed by atoms with Crippen molar-refractivity contribution in [2.75, 3.05) is 6.54 Å². The smallest absolute Gasteiger partial charge is 0.239 e. The molecule has 0 radical (unpaired) electrons. The van der Waals surface area contributed by atoms with Crippen molar-refractivity contribution in [2.24, 2.45) is 0 Å². The molecule has 2 aromatic heterocycles. The van der Waals surface area contributed by atoms with E-state index < -0.39 is 0 Å². The van der Waals surface area contributed by atoms with E-state index in [0.717, 1.165) is 11.3 Å². The molecule has 0 aliphatic carbocycles. The molecule has 1 aliphatic heterocycles.